The molecule has 0 atom stereocenters. The number of amides is 1. The number of nitrogens with zero attached hydrogens (tertiary/aromatic N) is 2. The molecule has 0 aromatic heterocycles. The average molecular weight is 535 g/mol. The maximum absolute atomic E-state index is 12.0. The van der Waals surface area contributed by atoms with Crippen molar-refractivity contribution in [2.24, 2.45) is 4.99 Å². The molecular formula is C24H34IN5O. The van der Waals surface area contributed by atoms with Gasteiger partial charge in [0.15, 0.2) is 5.96 Å². The van der Waals surface area contributed by atoms with E-state index in [-0.39, 0.29) is 35.3 Å². The second-order valence-electron chi connectivity index (χ2n) is 8.27. The van der Waals surface area contributed by atoms with Gasteiger partial charge in [0.1, 0.15) is 0 Å². The number of aliphatic imine (C=N–C) groups is 1. The zero-order chi connectivity index (χ0) is 21.4. The van der Waals surface area contributed by atoms with Crippen LogP contribution in [0.15, 0.2) is 59.6 Å². The topological polar surface area (TPSA) is 68.8 Å². The summed E-state index contributed by atoms with van der Waals surface area (Å²) in [6, 6.07) is 18.7. The number of benzene rings is 2. The van der Waals surface area contributed by atoms with E-state index in [1.807, 2.05) is 43.3 Å². The van der Waals surface area contributed by atoms with E-state index in [0.29, 0.717) is 13.1 Å². The highest BCUT2D eigenvalue weighted by atomic mass is 127. The van der Waals surface area contributed by atoms with Crippen LogP contribution in [0, 0.1) is 0 Å². The third-order valence-corrected chi connectivity index (χ3v) is 5.65. The standard InChI is InChI=1S/C24H33N5O.HI/c1-25-23(27-18-24(13-8-14-24)20-10-5-4-6-11-20)26-16-19-9-7-12-21(15-19)28-22(30)17-29(2)3;/h4-7,9-12,15H,8,13-14,16-18H2,1-3H3,(H,28,30)(H2,25,26,27);1H. The summed E-state index contributed by atoms with van der Waals surface area (Å²) < 4.78 is 0. The van der Waals surface area contributed by atoms with Crippen LogP contribution >= 0.6 is 24.0 Å². The van der Waals surface area contributed by atoms with Gasteiger partial charge in [0.2, 0.25) is 5.91 Å². The molecule has 3 rings (SSSR count). The van der Waals surface area contributed by atoms with Gasteiger partial charge in [0.05, 0.1) is 6.54 Å². The zero-order valence-corrected chi connectivity index (χ0v) is 21.0. The second kappa shape index (κ2) is 12.0. The normalized spacial score (nSPS) is 14.9. The Balaban J connectivity index is 0.00000341. The molecule has 1 saturated carbocycles. The minimum atomic E-state index is -0.0192. The Kier molecular flexibility index (Phi) is 9.77. The minimum Gasteiger partial charge on any atom is -0.356 e. The molecule has 0 radical (unpaired) electrons. The fraction of sp³-hybridized carbons (Fsp3) is 0.417. The first-order valence-corrected chi connectivity index (χ1v) is 10.5. The Morgan fingerprint density at radius 1 is 1.06 bits per heavy atom. The zero-order valence-electron chi connectivity index (χ0n) is 18.6. The molecule has 0 spiro atoms. The molecule has 1 aliphatic carbocycles. The van der Waals surface area contributed by atoms with Crippen LogP contribution in [0.2, 0.25) is 0 Å². The Morgan fingerprint density at radius 3 is 2.42 bits per heavy atom. The van der Waals surface area contributed by atoms with Crippen molar-refractivity contribution in [3.63, 3.8) is 0 Å². The molecule has 3 N–H and O–H groups in total. The van der Waals surface area contributed by atoms with Crippen molar-refractivity contribution in [3.8, 4) is 0 Å². The molecular weight excluding hydrogens is 501 g/mol. The fourth-order valence-electron chi connectivity index (χ4n) is 3.87. The summed E-state index contributed by atoms with van der Waals surface area (Å²) in [5.74, 6) is 0.772. The number of carbonyl (C=O) groups excluding carboxylic acids is 1. The van der Waals surface area contributed by atoms with Crippen LogP contribution in [-0.4, -0.2) is 51.0 Å². The molecule has 0 bridgehead atoms. The lowest BCUT2D eigenvalue weighted by Crippen LogP contribution is -2.48. The van der Waals surface area contributed by atoms with Crippen molar-refractivity contribution in [1.82, 2.24) is 15.5 Å². The number of hydrogen-bond donors (Lipinski definition) is 3. The van der Waals surface area contributed by atoms with E-state index in [1.165, 1.54) is 24.8 Å². The molecule has 2 aromatic carbocycles. The molecule has 0 heterocycles. The Labute approximate surface area is 202 Å². The number of anilines is 1. The van der Waals surface area contributed by atoms with Crippen molar-refractivity contribution >= 4 is 41.5 Å². The van der Waals surface area contributed by atoms with Gasteiger partial charge in [-0.25, -0.2) is 0 Å². The van der Waals surface area contributed by atoms with E-state index in [9.17, 15) is 4.79 Å². The van der Waals surface area contributed by atoms with E-state index < -0.39 is 0 Å². The summed E-state index contributed by atoms with van der Waals surface area (Å²) in [6.45, 7) is 1.87. The number of carbonyl (C=O) groups is 1. The van der Waals surface area contributed by atoms with E-state index in [0.717, 1.165) is 23.8 Å². The van der Waals surface area contributed by atoms with Crippen LogP contribution in [0.3, 0.4) is 0 Å². The summed E-state index contributed by atoms with van der Waals surface area (Å²) in [7, 11) is 5.55. The molecule has 168 valence electrons. The van der Waals surface area contributed by atoms with E-state index in [4.69, 9.17) is 0 Å². The van der Waals surface area contributed by atoms with Crippen LogP contribution in [0.25, 0.3) is 0 Å². The molecule has 6 nitrogen and oxygen atoms in total. The van der Waals surface area contributed by atoms with Crippen molar-refractivity contribution in [3.05, 3.63) is 65.7 Å². The molecule has 7 heteroatoms. The van der Waals surface area contributed by atoms with Gasteiger partial charge in [0.25, 0.3) is 0 Å². The maximum Gasteiger partial charge on any atom is 0.238 e. The minimum absolute atomic E-state index is 0. The van der Waals surface area contributed by atoms with Gasteiger partial charge in [-0.05, 0) is 50.2 Å². The van der Waals surface area contributed by atoms with E-state index >= 15 is 0 Å². The van der Waals surface area contributed by atoms with Crippen LogP contribution in [0.4, 0.5) is 5.69 Å². The quantitative estimate of drug-likeness (QED) is 0.275. The molecule has 1 aliphatic rings. The van der Waals surface area contributed by atoms with Gasteiger partial charge < -0.3 is 20.9 Å². The van der Waals surface area contributed by atoms with Gasteiger partial charge in [0, 0.05) is 31.2 Å². The molecule has 0 saturated heterocycles. The number of rotatable bonds is 8. The predicted molar refractivity (Wildman–Crippen MR) is 139 cm³/mol. The smallest absolute Gasteiger partial charge is 0.238 e. The van der Waals surface area contributed by atoms with Crippen molar-refractivity contribution < 1.29 is 4.79 Å². The molecule has 0 unspecified atom stereocenters. The van der Waals surface area contributed by atoms with Gasteiger partial charge >= 0.3 is 0 Å². The Hall–Kier alpha value is -2.13. The molecule has 2 aromatic rings. The average Bonchev–Trinajstić information content (AvgIpc) is 2.70. The second-order valence-corrected chi connectivity index (χ2v) is 8.27. The maximum atomic E-state index is 12.0. The van der Waals surface area contributed by atoms with Gasteiger partial charge in [-0.2, -0.15) is 0 Å². The highest BCUT2D eigenvalue weighted by Gasteiger charge is 2.38. The summed E-state index contributed by atoms with van der Waals surface area (Å²) in [5.41, 5.74) is 3.50. The van der Waals surface area contributed by atoms with Crippen molar-refractivity contribution in [1.29, 1.82) is 0 Å². The van der Waals surface area contributed by atoms with E-state index in [1.54, 1.807) is 7.05 Å². The van der Waals surface area contributed by atoms with Gasteiger partial charge in [-0.3, -0.25) is 9.79 Å². The van der Waals surface area contributed by atoms with Crippen molar-refractivity contribution in [2.75, 3.05) is 39.5 Å². The van der Waals surface area contributed by atoms with E-state index in [2.05, 4.69) is 51.3 Å². The predicted octanol–water partition coefficient (Wildman–Crippen LogP) is 3.59. The third-order valence-electron chi connectivity index (χ3n) is 5.65. The number of hydrogen-bond acceptors (Lipinski definition) is 3. The van der Waals surface area contributed by atoms with Gasteiger partial charge in [-0.1, -0.05) is 48.9 Å². The molecule has 0 aliphatic heterocycles. The number of nitrogens with one attached hydrogen (secondary N) is 3. The lowest BCUT2D eigenvalue weighted by Gasteiger charge is -2.43. The summed E-state index contributed by atoms with van der Waals surface area (Å²) in [5, 5.41) is 9.84. The molecule has 1 amide bonds. The third kappa shape index (κ3) is 7.21. The van der Waals surface area contributed by atoms with Crippen molar-refractivity contribution in [2.45, 2.75) is 31.2 Å². The fourth-order valence-corrected chi connectivity index (χ4v) is 3.87. The first-order chi connectivity index (χ1) is 14.5. The lowest BCUT2D eigenvalue weighted by atomic mass is 9.64. The van der Waals surface area contributed by atoms with Crippen LogP contribution in [0.5, 0.6) is 0 Å². The summed E-state index contributed by atoms with van der Waals surface area (Å²) in [6.07, 6.45) is 3.68. The first kappa shape index (κ1) is 25.1. The highest BCUT2D eigenvalue weighted by molar-refractivity contribution is 14.0. The summed E-state index contributed by atoms with van der Waals surface area (Å²) >= 11 is 0. The van der Waals surface area contributed by atoms with Crippen LogP contribution < -0.4 is 16.0 Å². The lowest BCUT2D eigenvalue weighted by molar-refractivity contribution is -0.116. The van der Waals surface area contributed by atoms with Gasteiger partial charge in [-0.15, -0.1) is 24.0 Å². The Bertz CT molecular complexity index is 865. The Morgan fingerprint density at radius 2 is 1.81 bits per heavy atom. The highest BCUT2D eigenvalue weighted by Crippen LogP contribution is 2.43. The van der Waals surface area contributed by atoms with Crippen LogP contribution in [0.1, 0.15) is 30.4 Å². The SMILES string of the molecule is CN=C(NCc1cccc(NC(=O)CN(C)C)c1)NCC1(c2ccccc2)CCC1.I. The summed E-state index contributed by atoms with van der Waals surface area (Å²) in [4.78, 5) is 18.2. The number of likely N-dealkylation sites (N-methyl/N-ethyl adjacent to an activating group) is 1. The molecule has 31 heavy (non-hydrogen) atoms. The molecule has 1 fully saturated rings. The monoisotopic (exact) mass is 535 g/mol. The van der Waals surface area contributed by atoms with Crippen LogP contribution in [-0.2, 0) is 16.8 Å². The number of guanidine groups is 1. The largest absolute Gasteiger partial charge is 0.356 e. The number of halogens is 1. The first-order valence-electron chi connectivity index (χ1n) is 10.5.